The zero-order valence-corrected chi connectivity index (χ0v) is 21.8. The van der Waals surface area contributed by atoms with Gasteiger partial charge in [-0.2, -0.15) is 0 Å². The Morgan fingerprint density at radius 2 is 1.83 bits per heavy atom. The van der Waals surface area contributed by atoms with Crippen LogP contribution in [0, 0.1) is 19.8 Å². The smallest absolute Gasteiger partial charge is 0.269 e. The fourth-order valence-electron chi connectivity index (χ4n) is 3.83. The van der Waals surface area contributed by atoms with Crippen molar-refractivity contribution in [1.82, 2.24) is 5.16 Å². The van der Waals surface area contributed by atoms with E-state index in [1.807, 2.05) is 18.2 Å². The molecule has 0 atom stereocenters. The molecule has 3 aromatic rings. The summed E-state index contributed by atoms with van der Waals surface area (Å²) in [5.41, 5.74) is 4.10. The second-order valence-corrected chi connectivity index (χ2v) is 10.7. The largest absolute Gasteiger partial charge is 0.392 e. The molecule has 0 saturated carbocycles. The summed E-state index contributed by atoms with van der Waals surface area (Å²) < 4.78 is 45.2. The third-order valence-electron chi connectivity index (χ3n) is 5.73. The van der Waals surface area contributed by atoms with Crippen molar-refractivity contribution in [2.75, 3.05) is 31.4 Å². The molecule has 1 aromatic heterocycles. The molecule has 0 aliphatic rings. The van der Waals surface area contributed by atoms with Gasteiger partial charge in [-0.1, -0.05) is 55.4 Å². The van der Waals surface area contributed by atoms with Crippen molar-refractivity contribution in [2.24, 2.45) is 5.92 Å². The van der Waals surface area contributed by atoms with Crippen molar-refractivity contribution >= 4 is 15.9 Å². The summed E-state index contributed by atoms with van der Waals surface area (Å²) >= 11 is 0. The van der Waals surface area contributed by atoms with Gasteiger partial charge in [0.15, 0.2) is 0 Å². The molecule has 190 valence electrons. The van der Waals surface area contributed by atoms with Crippen molar-refractivity contribution in [3.05, 3.63) is 64.8 Å². The maximum atomic E-state index is 14.0. The molecule has 0 aliphatic heterocycles. The monoisotopic (exact) mass is 502 g/mol. The maximum Gasteiger partial charge on any atom is 0.269 e. The van der Waals surface area contributed by atoms with Crippen LogP contribution in [-0.4, -0.2) is 45.7 Å². The van der Waals surface area contributed by atoms with E-state index in [-0.39, 0.29) is 30.7 Å². The number of aromatic nitrogens is 1. The summed E-state index contributed by atoms with van der Waals surface area (Å²) in [7, 11) is -2.59. The highest BCUT2D eigenvalue weighted by Crippen LogP contribution is 2.35. The Hall–Kier alpha value is -2.72. The van der Waals surface area contributed by atoms with Gasteiger partial charge >= 0.3 is 0 Å². The van der Waals surface area contributed by atoms with Gasteiger partial charge in [0.05, 0.1) is 30.4 Å². The van der Waals surface area contributed by atoms with E-state index < -0.39 is 10.0 Å². The number of nitrogens with zero attached hydrogens (tertiary/aromatic N) is 2. The number of sulfonamides is 1. The van der Waals surface area contributed by atoms with Crippen LogP contribution in [0.3, 0.4) is 0 Å². The number of benzene rings is 2. The van der Waals surface area contributed by atoms with Gasteiger partial charge in [-0.05, 0) is 48.9 Å². The van der Waals surface area contributed by atoms with E-state index in [9.17, 15) is 13.5 Å². The van der Waals surface area contributed by atoms with Crippen LogP contribution in [-0.2, 0) is 32.5 Å². The Balaban J connectivity index is 2.10. The fourth-order valence-corrected chi connectivity index (χ4v) is 5.38. The Kier molecular flexibility index (Phi) is 9.07. The van der Waals surface area contributed by atoms with Crippen molar-refractivity contribution in [1.29, 1.82) is 0 Å². The molecule has 35 heavy (non-hydrogen) atoms. The van der Waals surface area contributed by atoms with Crippen molar-refractivity contribution in [3.8, 4) is 11.1 Å². The molecule has 0 radical (unpaired) electrons. The third-order valence-corrected chi connectivity index (χ3v) is 7.49. The zero-order chi connectivity index (χ0) is 25.6. The minimum absolute atomic E-state index is 0.0788. The molecule has 0 bridgehead atoms. The molecule has 0 spiro atoms. The predicted octanol–water partition coefficient (Wildman–Crippen LogP) is 4.47. The lowest BCUT2D eigenvalue weighted by Gasteiger charge is -2.24. The first-order valence-electron chi connectivity index (χ1n) is 11.5. The van der Waals surface area contributed by atoms with E-state index in [0.29, 0.717) is 40.5 Å². The number of hydrogen-bond donors (Lipinski definition) is 1. The van der Waals surface area contributed by atoms with E-state index >= 15 is 0 Å². The first-order chi connectivity index (χ1) is 16.7. The van der Waals surface area contributed by atoms with Crippen molar-refractivity contribution in [2.45, 2.75) is 45.6 Å². The Bertz CT molecular complexity index is 1240. The normalized spacial score (nSPS) is 11.9. The highest BCUT2D eigenvalue weighted by molar-refractivity contribution is 7.93. The van der Waals surface area contributed by atoms with E-state index in [4.69, 9.17) is 14.0 Å². The van der Waals surface area contributed by atoms with Crippen LogP contribution in [0.2, 0.25) is 0 Å². The third kappa shape index (κ3) is 6.10. The second-order valence-electron chi connectivity index (χ2n) is 8.83. The van der Waals surface area contributed by atoms with Crippen LogP contribution >= 0.6 is 0 Å². The first kappa shape index (κ1) is 26.9. The Morgan fingerprint density at radius 1 is 1.09 bits per heavy atom. The minimum atomic E-state index is -4.13. The highest BCUT2D eigenvalue weighted by Gasteiger charge is 2.32. The number of ether oxygens (including phenoxy) is 2. The maximum absolute atomic E-state index is 14.0. The molecule has 3 rings (SSSR count). The van der Waals surface area contributed by atoms with Gasteiger partial charge in [0.25, 0.3) is 10.0 Å². The molecule has 1 N–H and O–H groups in total. The highest BCUT2D eigenvalue weighted by atomic mass is 32.2. The molecule has 1 heterocycles. The second kappa shape index (κ2) is 11.8. The van der Waals surface area contributed by atoms with E-state index in [2.05, 4.69) is 19.0 Å². The van der Waals surface area contributed by atoms with Crippen LogP contribution in [0.1, 0.15) is 36.2 Å². The Labute approximate surface area is 207 Å². The standard InChI is InChI=1S/C26H34N2O6S/c1-18(2)14-21-10-11-23(22(15-21)16-29)24-8-6-7-9-25(24)35(30,31)28(17-33-13-12-32-5)26-19(3)20(4)27-34-26/h6-11,15,18,29H,12-14,16-17H2,1-5H3. The molecule has 0 saturated heterocycles. The van der Waals surface area contributed by atoms with E-state index in [1.165, 1.54) is 0 Å². The number of aliphatic hydroxyl groups excluding tert-OH is 1. The van der Waals surface area contributed by atoms with Gasteiger partial charge < -0.3 is 19.1 Å². The van der Waals surface area contributed by atoms with Crippen LogP contribution in [0.25, 0.3) is 11.1 Å². The molecule has 0 amide bonds. The molecule has 0 unspecified atom stereocenters. The number of aryl methyl sites for hydroxylation is 1. The van der Waals surface area contributed by atoms with E-state index in [0.717, 1.165) is 16.3 Å². The molecule has 8 nitrogen and oxygen atoms in total. The average molecular weight is 503 g/mol. The summed E-state index contributed by atoms with van der Waals surface area (Å²) in [6, 6.07) is 12.5. The number of hydrogen-bond acceptors (Lipinski definition) is 7. The van der Waals surface area contributed by atoms with Crippen molar-refractivity contribution in [3.63, 3.8) is 0 Å². The fraction of sp³-hybridized carbons (Fsp3) is 0.423. The summed E-state index contributed by atoms with van der Waals surface area (Å²) in [6.07, 6.45) is 0.865. The number of methoxy groups -OCH3 is 1. The SMILES string of the molecule is COCCOCN(c1onc(C)c1C)S(=O)(=O)c1ccccc1-c1ccc(CC(C)C)cc1CO. The summed E-state index contributed by atoms with van der Waals surface area (Å²) in [4.78, 5) is 0.0788. The topological polar surface area (TPSA) is 102 Å². The number of aliphatic hydroxyl groups is 1. The van der Waals surface area contributed by atoms with Gasteiger partial charge in [0.1, 0.15) is 6.73 Å². The molecule has 9 heteroatoms. The Morgan fingerprint density at radius 3 is 2.46 bits per heavy atom. The quantitative estimate of drug-likeness (QED) is 0.288. The lowest BCUT2D eigenvalue weighted by Crippen LogP contribution is -2.34. The van der Waals surface area contributed by atoms with Gasteiger partial charge in [0.2, 0.25) is 5.88 Å². The van der Waals surface area contributed by atoms with Crippen LogP contribution in [0.5, 0.6) is 0 Å². The molecule has 2 aromatic carbocycles. The number of rotatable bonds is 12. The lowest BCUT2D eigenvalue weighted by molar-refractivity contribution is 0.0744. The first-order valence-corrected chi connectivity index (χ1v) is 13.0. The molecular weight excluding hydrogens is 468 g/mol. The molecule has 0 aliphatic carbocycles. The number of anilines is 1. The molecular formula is C26H34N2O6S. The van der Waals surface area contributed by atoms with Crippen molar-refractivity contribution < 1.29 is 27.5 Å². The van der Waals surface area contributed by atoms with Crippen LogP contribution in [0.15, 0.2) is 51.9 Å². The van der Waals surface area contributed by atoms with Gasteiger partial charge in [-0.25, -0.2) is 12.7 Å². The summed E-state index contributed by atoms with van der Waals surface area (Å²) in [5, 5.41) is 14.0. The van der Waals surface area contributed by atoms with Gasteiger partial charge in [0, 0.05) is 18.2 Å². The minimum Gasteiger partial charge on any atom is -0.392 e. The average Bonchev–Trinajstić information content (AvgIpc) is 3.16. The summed E-state index contributed by atoms with van der Waals surface area (Å²) in [5.74, 6) is 0.560. The predicted molar refractivity (Wildman–Crippen MR) is 135 cm³/mol. The van der Waals surface area contributed by atoms with Crippen LogP contribution in [0.4, 0.5) is 5.88 Å². The lowest BCUT2D eigenvalue weighted by atomic mass is 9.94. The molecule has 0 fully saturated rings. The summed E-state index contributed by atoms with van der Waals surface area (Å²) in [6.45, 7) is 7.82. The zero-order valence-electron chi connectivity index (χ0n) is 20.9. The van der Waals surface area contributed by atoms with E-state index in [1.54, 1.807) is 45.2 Å². The van der Waals surface area contributed by atoms with Crippen LogP contribution < -0.4 is 4.31 Å². The van der Waals surface area contributed by atoms with Gasteiger partial charge in [-0.15, -0.1) is 0 Å². The van der Waals surface area contributed by atoms with Gasteiger partial charge in [-0.3, -0.25) is 0 Å².